The minimum absolute atomic E-state index is 0.164. The van der Waals surface area contributed by atoms with E-state index in [1.807, 2.05) is 0 Å². The number of halogens is 1. The molecule has 1 aromatic carbocycles. The SMILES string of the molecule is O=C(Nc1ncn(Cc2ccc(F)cc2)n1)c1cc2ncccn2n1. The van der Waals surface area contributed by atoms with E-state index in [0.29, 0.717) is 12.2 Å². The minimum Gasteiger partial charge on any atom is -0.288 e. The van der Waals surface area contributed by atoms with Crippen LogP contribution in [0.4, 0.5) is 10.3 Å². The molecule has 1 N–H and O–H groups in total. The number of fused-ring (bicyclic) bond motifs is 1. The first-order chi connectivity index (χ1) is 12.2. The molecule has 0 fully saturated rings. The van der Waals surface area contributed by atoms with Crippen molar-refractivity contribution >= 4 is 17.5 Å². The Kier molecular flexibility index (Phi) is 3.65. The molecule has 0 aliphatic carbocycles. The smallest absolute Gasteiger partial charge is 0.278 e. The van der Waals surface area contributed by atoms with Gasteiger partial charge in [0.25, 0.3) is 5.91 Å². The quantitative estimate of drug-likeness (QED) is 0.613. The summed E-state index contributed by atoms with van der Waals surface area (Å²) in [6.07, 6.45) is 4.82. The van der Waals surface area contributed by atoms with E-state index in [1.165, 1.54) is 23.0 Å². The first kappa shape index (κ1) is 14.9. The Bertz CT molecular complexity index is 1010. The fourth-order valence-corrected chi connectivity index (χ4v) is 2.31. The summed E-state index contributed by atoms with van der Waals surface area (Å²) in [5.74, 6) is -0.556. The maximum atomic E-state index is 12.9. The van der Waals surface area contributed by atoms with Crippen LogP contribution in [0.2, 0.25) is 0 Å². The van der Waals surface area contributed by atoms with Gasteiger partial charge in [-0.3, -0.25) is 10.1 Å². The van der Waals surface area contributed by atoms with Crippen LogP contribution < -0.4 is 5.32 Å². The third kappa shape index (κ3) is 3.20. The zero-order valence-corrected chi connectivity index (χ0v) is 12.9. The van der Waals surface area contributed by atoms with Gasteiger partial charge < -0.3 is 0 Å². The van der Waals surface area contributed by atoms with Gasteiger partial charge in [-0.2, -0.15) is 5.10 Å². The zero-order chi connectivity index (χ0) is 17.2. The van der Waals surface area contributed by atoms with E-state index < -0.39 is 5.91 Å². The molecule has 0 spiro atoms. The normalized spacial score (nSPS) is 10.9. The Morgan fingerprint density at radius 3 is 2.80 bits per heavy atom. The Hall–Kier alpha value is -3.62. The largest absolute Gasteiger partial charge is 0.288 e. The molecule has 9 heteroatoms. The number of carbonyl (C=O) groups is 1. The molecule has 0 atom stereocenters. The molecule has 4 aromatic rings. The first-order valence-corrected chi connectivity index (χ1v) is 7.43. The van der Waals surface area contributed by atoms with Crippen LogP contribution in [0.5, 0.6) is 0 Å². The molecule has 3 aromatic heterocycles. The van der Waals surface area contributed by atoms with Gasteiger partial charge in [-0.05, 0) is 23.8 Å². The van der Waals surface area contributed by atoms with E-state index >= 15 is 0 Å². The van der Waals surface area contributed by atoms with Gasteiger partial charge in [-0.15, -0.1) is 5.10 Å². The van der Waals surface area contributed by atoms with Crippen LogP contribution in [0.15, 0.2) is 55.1 Å². The number of hydrogen-bond acceptors (Lipinski definition) is 5. The Morgan fingerprint density at radius 2 is 2.00 bits per heavy atom. The van der Waals surface area contributed by atoms with Crippen molar-refractivity contribution < 1.29 is 9.18 Å². The average Bonchev–Trinajstić information content (AvgIpc) is 3.23. The lowest BCUT2D eigenvalue weighted by atomic mass is 10.2. The molecule has 0 aliphatic heterocycles. The van der Waals surface area contributed by atoms with Crippen molar-refractivity contribution in [3.63, 3.8) is 0 Å². The molecule has 124 valence electrons. The highest BCUT2D eigenvalue weighted by molar-refractivity contribution is 6.02. The standard InChI is InChI=1S/C16H12FN7O/c17-12-4-2-11(3-5-12)9-23-10-19-16(22-23)20-15(25)13-8-14-18-6-1-7-24(14)21-13/h1-8,10H,9H2,(H,20,22,25). The molecule has 8 nitrogen and oxygen atoms in total. The van der Waals surface area contributed by atoms with Crippen LogP contribution in [0, 0.1) is 5.82 Å². The molecule has 0 saturated heterocycles. The number of hydrogen-bond donors (Lipinski definition) is 1. The molecule has 1 amide bonds. The van der Waals surface area contributed by atoms with Gasteiger partial charge in [0.1, 0.15) is 12.1 Å². The Labute approximate surface area is 141 Å². The summed E-state index contributed by atoms with van der Waals surface area (Å²) in [7, 11) is 0. The molecule has 0 bridgehead atoms. The number of nitrogens with zero attached hydrogens (tertiary/aromatic N) is 6. The van der Waals surface area contributed by atoms with Crippen molar-refractivity contribution in [3.05, 3.63) is 72.2 Å². The third-order valence-electron chi connectivity index (χ3n) is 3.49. The monoisotopic (exact) mass is 337 g/mol. The number of anilines is 1. The molecule has 25 heavy (non-hydrogen) atoms. The van der Waals surface area contributed by atoms with Crippen molar-refractivity contribution in [2.45, 2.75) is 6.54 Å². The van der Waals surface area contributed by atoms with Gasteiger partial charge in [-0.25, -0.2) is 23.6 Å². The lowest BCUT2D eigenvalue weighted by Gasteiger charge is -2.00. The molecule has 3 heterocycles. The van der Waals surface area contributed by atoms with E-state index in [9.17, 15) is 9.18 Å². The zero-order valence-electron chi connectivity index (χ0n) is 12.9. The van der Waals surface area contributed by atoms with Crippen molar-refractivity contribution in [1.29, 1.82) is 0 Å². The van der Waals surface area contributed by atoms with Crippen LogP contribution >= 0.6 is 0 Å². The van der Waals surface area contributed by atoms with Gasteiger partial charge in [0.15, 0.2) is 11.3 Å². The Morgan fingerprint density at radius 1 is 1.16 bits per heavy atom. The van der Waals surface area contributed by atoms with Crippen LogP contribution in [-0.2, 0) is 6.54 Å². The summed E-state index contributed by atoms with van der Waals surface area (Å²) in [6.45, 7) is 0.418. The minimum atomic E-state index is -0.426. The van der Waals surface area contributed by atoms with E-state index in [1.54, 1.807) is 41.3 Å². The van der Waals surface area contributed by atoms with Gasteiger partial charge in [0, 0.05) is 18.5 Å². The molecular weight excluding hydrogens is 325 g/mol. The molecule has 0 radical (unpaired) electrons. The van der Waals surface area contributed by atoms with Crippen LogP contribution in [0.1, 0.15) is 16.1 Å². The summed E-state index contributed by atoms with van der Waals surface area (Å²) >= 11 is 0. The van der Waals surface area contributed by atoms with E-state index in [-0.39, 0.29) is 17.5 Å². The number of benzene rings is 1. The predicted molar refractivity (Wildman–Crippen MR) is 86.5 cm³/mol. The third-order valence-corrected chi connectivity index (χ3v) is 3.49. The summed E-state index contributed by atoms with van der Waals surface area (Å²) < 4.78 is 16.0. The summed E-state index contributed by atoms with van der Waals surface area (Å²) in [5, 5.41) is 10.9. The number of rotatable bonds is 4. The molecule has 4 rings (SSSR count). The van der Waals surface area contributed by atoms with Crippen LogP contribution in [0.3, 0.4) is 0 Å². The highest BCUT2D eigenvalue weighted by Crippen LogP contribution is 2.08. The maximum Gasteiger partial charge on any atom is 0.278 e. The van der Waals surface area contributed by atoms with Crippen molar-refractivity contribution in [3.8, 4) is 0 Å². The van der Waals surface area contributed by atoms with Gasteiger partial charge in [0.05, 0.1) is 6.54 Å². The first-order valence-electron chi connectivity index (χ1n) is 7.43. The lowest BCUT2D eigenvalue weighted by Crippen LogP contribution is -2.14. The molecule has 0 saturated carbocycles. The average molecular weight is 337 g/mol. The predicted octanol–water partition coefficient (Wildman–Crippen LogP) is 1.76. The van der Waals surface area contributed by atoms with Crippen LogP contribution in [0.25, 0.3) is 5.65 Å². The van der Waals surface area contributed by atoms with Crippen molar-refractivity contribution in [1.82, 2.24) is 29.4 Å². The summed E-state index contributed by atoms with van der Waals surface area (Å²) in [5.41, 5.74) is 1.66. The number of carbonyl (C=O) groups excluding carboxylic acids is 1. The second-order valence-electron chi connectivity index (χ2n) is 5.30. The summed E-state index contributed by atoms with van der Waals surface area (Å²) in [4.78, 5) is 20.4. The van der Waals surface area contributed by atoms with E-state index in [0.717, 1.165) is 5.56 Å². The highest BCUT2D eigenvalue weighted by atomic mass is 19.1. The lowest BCUT2D eigenvalue weighted by molar-refractivity contribution is 0.102. The van der Waals surface area contributed by atoms with Crippen molar-refractivity contribution in [2.75, 3.05) is 5.32 Å². The number of aromatic nitrogens is 6. The fraction of sp³-hybridized carbons (Fsp3) is 0.0625. The van der Waals surface area contributed by atoms with Gasteiger partial charge >= 0.3 is 0 Å². The highest BCUT2D eigenvalue weighted by Gasteiger charge is 2.13. The van der Waals surface area contributed by atoms with Crippen LogP contribution in [-0.4, -0.2) is 35.3 Å². The summed E-state index contributed by atoms with van der Waals surface area (Å²) in [6, 6.07) is 9.39. The molecular formula is C16H12FN7O. The number of amides is 1. The Balaban J connectivity index is 1.46. The van der Waals surface area contributed by atoms with E-state index in [4.69, 9.17) is 0 Å². The second kappa shape index (κ2) is 6.11. The van der Waals surface area contributed by atoms with Gasteiger partial charge in [-0.1, -0.05) is 12.1 Å². The van der Waals surface area contributed by atoms with Gasteiger partial charge in [0.2, 0.25) is 5.95 Å². The van der Waals surface area contributed by atoms with E-state index in [2.05, 4.69) is 25.5 Å². The van der Waals surface area contributed by atoms with Crippen molar-refractivity contribution in [2.24, 2.45) is 0 Å². The molecule has 0 unspecified atom stereocenters. The maximum absolute atomic E-state index is 12.9. The topological polar surface area (TPSA) is 90.0 Å². The fourth-order valence-electron chi connectivity index (χ4n) is 2.31. The molecule has 0 aliphatic rings. The number of nitrogens with one attached hydrogen (secondary N) is 1. The second-order valence-corrected chi connectivity index (χ2v) is 5.30.